The van der Waals surface area contributed by atoms with Crippen molar-refractivity contribution in [2.75, 3.05) is 24.6 Å². The predicted octanol–water partition coefficient (Wildman–Crippen LogP) is 3.36. The Labute approximate surface area is 149 Å². The first kappa shape index (κ1) is 15.3. The van der Waals surface area contributed by atoms with Crippen molar-refractivity contribution in [2.24, 2.45) is 0 Å². The van der Waals surface area contributed by atoms with Crippen LogP contribution in [0.3, 0.4) is 0 Å². The molecule has 0 N–H and O–H groups in total. The van der Waals surface area contributed by atoms with Crippen LogP contribution in [0.5, 0.6) is 0 Å². The van der Waals surface area contributed by atoms with Crippen molar-refractivity contribution < 1.29 is 9.26 Å². The number of rotatable bonds is 1. The van der Waals surface area contributed by atoms with Crippen LogP contribution in [-0.2, 0) is 16.8 Å². The number of ether oxygens (including phenoxy) is 1. The molecule has 0 saturated carbocycles. The molecule has 0 bridgehead atoms. The Morgan fingerprint density at radius 2 is 2.04 bits per heavy atom. The van der Waals surface area contributed by atoms with Gasteiger partial charge in [0.25, 0.3) is 5.71 Å². The summed E-state index contributed by atoms with van der Waals surface area (Å²) in [6.07, 6.45) is 3.00. The molecule has 1 saturated heterocycles. The summed E-state index contributed by atoms with van der Waals surface area (Å²) in [5.41, 5.74) is 2.72. The van der Waals surface area contributed by atoms with E-state index in [0.29, 0.717) is 11.5 Å². The first-order chi connectivity index (χ1) is 12.2. The van der Waals surface area contributed by atoms with Gasteiger partial charge in [-0.15, -0.1) is 11.3 Å². The maximum atomic E-state index is 6.31. The van der Waals surface area contributed by atoms with Gasteiger partial charge in [0.05, 0.1) is 17.9 Å². The maximum absolute atomic E-state index is 6.31. The van der Waals surface area contributed by atoms with Crippen LogP contribution in [0.1, 0.15) is 34.8 Å². The fraction of sp³-hybridized carbons (Fsp3) is 0.500. The van der Waals surface area contributed by atoms with E-state index in [9.17, 15) is 0 Å². The molecule has 7 heteroatoms. The van der Waals surface area contributed by atoms with Gasteiger partial charge >= 0.3 is 0 Å². The van der Waals surface area contributed by atoms with Crippen LogP contribution >= 0.6 is 11.3 Å². The zero-order valence-corrected chi connectivity index (χ0v) is 15.2. The van der Waals surface area contributed by atoms with Gasteiger partial charge in [-0.3, -0.25) is 0 Å². The number of piperidine rings is 1. The largest absolute Gasteiger partial charge is 0.370 e. The maximum Gasteiger partial charge on any atom is 0.263 e. The van der Waals surface area contributed by atoms with E-state index < -0.39 is 0 Å². The summed E-state index contributed by atoms with van der Waals surface area (Å²) in [4.78, 5) is 12.9. The molecule has 5 heterocycles. The number of fused-ring (bicyclic) bond motifs is 3. The SMILES string of the molecule is Cc1nc(N2CCC3(CC2)OCCc2sccc23)c2c(C)noc2n1. The molecule has 3 aromatic heterocycles. The van der Waals surface area contributed by atoms with E-state index in [1.165, 1.54) is 10.4 Å². The highest BCUT2D eigenvalue weighted by Gasteiger charge is 2.42. The van der Waals surface area contributed by atoms with Crippen LogP contribution in [0.4, 0.5) is 5.82 Å². The Morgan fingerprint density at radius 1 is 1.20 bits per heavy atom. The molecular formula is C18H20N4O2S. The van der Waals surface area contributed by atoms with Crippen LogP contribution in [0.25, 0.3) is 11.1 Å². The van der Waals surface area contributed by atoms with Gasteiger partial charge in [-0.2, -0.15) is 4.98 Å². The highest BCUT2D eigenvalue weighted by atomic mass is 32.1. The third-order valence-corrected chi connectivity index (χ3v) is 6.39. The standard InChI is InChI=1S/C18H20N4O2S/c1-11-15-16(19-12(2)20-17(15)24-21-11)22-7-5-18(6-8-22)13-4-10-25-14(13)3-9-23-18/h4,10H,3,5-9H2,1-2H3. The Morgan fingerprint density at radius 3 is 2.88 bits per heavy atom. The Hall–Kier alpha value is -1.99. The molecule has 1 fully saturated rings. The fourth-order valence-electron chi connectivity index (χ4n) is 4.15. The van der Waals surface area contributed by atoms with Crippen molar-refractivity contribution >= 4 is 28.3 Å². The molecule has 130 valence electrons. The number of hydrogen-bond acceptors (Lipinski definition) is 7. The molecule has 2 aliphatic heterocycles. The highest BCUT2D eigenvalue weighted by Crippen LogP contribution is 2.44. The van der Waals surface area contributed by atoms with Crippen LogP contribution < -0.4 is 4.90 Å². The Kier molecular flexibility index (Phi) is 3.36. The van der Waals surface area contributed by atoms with Gasteiger partial charge < -0.3 is 14.2 Å². The quantitative estimate of drug-likeness (QED) is 0.666. The Bertz CT molecular complexity index is 940. The van der Waals surface area contributed by atoms with E-state index >= 15 is 0 Å². The van der Waals surface area contributed by atoms with E-state index in [1.807, 2.05) is 25.2 Å². The molecular weight excluding hydrogens is 336 g/mol. The molecule has 0 aromatic carbocycles. The van der Waals surface area contributed by atoms with Crippen molar-refractivity contribution in [1.82, 2.24) is 15.1 Å². The lowest BCUT2D eigenvalue weighted by atomic mass is 9.82. The van der Waals surface area contributed by atoms with Crippen molar-refractivity contribution in [3.05, 3.63) is 33.4 Å². The van der Waals surface area contributed by atoms with Gasteiger partial charge in [0.15, 0.2) is 0 Å². The second-order valence-corrected chi connectivity index (χ2v) is 7.88. The minimum atomic E-state index is -0.116. The van der Waals surface area contributed by atoms with E-state index in [2.05, 4.69) is 26.5 Å². The molecule has 5 rings (SSSR count). The van der Waals surface area contributed by atoms with Crippen molar-refractivity contribution in [2.45, 2.75) is 38.7 Å². The second kappa shape index (κ2) is 5.51. The van der Waals surface area contributed by atoms with Gasteiger partial charge in [-0.25, -0.2) is 4.98 Å². The zero-order valence-electron chi connectivity index (χ0n) is 14.4. The van der Waals surface area contributed by atoms with Crippen LogP contribution in [0.15, 0.2) is 16.0 Å². The molecule has 0 amide bonds. The number of nitrogens with zero attached hydrogens (tertiary/aromatic N) is 4. The highest BCUT2D eigenvalue weighted by molar-refractivity contribution is 7.10. The minimum Gasteiger partial charge on any atom is -0.370 e. The fourth-order valence-corrected chi connectivity index (χ4v) is 5.10. The molecule has 6 nitrogen and oxygen atoms in total. The third-order valence-electron chi connectivity index (χ3n) is 5.41. The minimum absolute atomic E-state index is 0.116. The lowest BCUT2D eigenvalue weighted by Gasteiger charge is -2.44. The summed E-state index contributed by atoms with van der Waals surface area (Å²) in [6, 6.07) is 2.26. The first-order valence-electron chi connectivity index (χ1n) is 8.73. The predicted molar refractivity (Wildman–Crippen MR) is 96.2 cm³/mol. The number of thiophene rings is 1. The van der Waals surface area contributed by atoms with Crippen LogP contribution in [0.2, 0.25) is 0 Å². The normalized spacial score (nSPS) is 19.5. The number of hydrogen-bond donors (Lipinski definition) is 0. The van der Waals surface area contributed by atoms with E-state index in [-0.39, 0.29) is 5.60 Å². The average Bonchev–Trinajstić information content (AvgIpc) is 3.23. The van der Waals surface area contributed by atoms with Crippen molar-refractivity contribution in [3.8, 4) is 0 Å². The van der Waals surface area contributed by atoms with Crippen LogP contribution in [-0.4, -0.2) is 34.8 Å². The Balaban J connectivity index is 1.48. The summed E-state index contributed by atoms with van der Waals surface area (Å²) >= 11 is 1.86. The first-order valence-corrected chi connectivity index (χ1v) is 9.61. The van der Waals surface area contributed by atoms with E-state index in [4.69, 9.17) is 14.2 Å². The number of anilines is 1. The van der Waals surface area contributed by atoms with Crippen molar-refractivity contribution in [1.29, 1.82) is 0 Å². The molecule has 0 unspecified atom stereocenters. The topological polar surface area (TPSA) is 64.3 Å². The lowest BCUT2D eigenvalue weighted by molar-refractivity contribution is -0.0757. The molecule has 0 radical (unpaired) electrons. The molecule has 0 aliphatic carbocycles. The smallest absolute Gasteiger partial charge is 0.263 e. The average molecular weight is 356 g/mol. The van der Waals surface area contributed by atoms with Gasteiger partial charge in [0.1, 0.15) is 17.0 Å². The number of aryl methyl sites for hydroxylation is 2. The van der Waals surface area contributed by atoms with Gasteiger partial charge in [-0.1, -0.05) is 5.16 Å². The van der Waals surface area contributed by atoms with Crippen molar-refractivity contribution in [3.63, 3.8) is 0 Å². The summed E-state index contributed by atoms with van der Waals surface area (Å²) in [6.45, 7) is 6.49. The molecule has 3 aromatic rings. The van der Waals surface area contributed by atoms with Crippen LogP contribution in [0, 0.1) is 13.8 Å². The zero-order chi connectivity index (χ0) is 17.0. The van der Waals surface area contributed by atoms with E-state index in [1.54, 1.807) is 0 Å². The monoisotopic (exact) mass is 356 g/mol. The molecule has 25 heavy (non-hydrogen) atoms. The van der Waals surface area contributed by atoms with Gasteiger partial charge in [0.2, 0.25) is 0 Å². The summed E-state index contributed by atoms with van der Waals surface area (Å²) in [7, 11) is 0. The summed E-state index contributed by atoms with van der Waals surface area (Å²) in [5.74, 6) is 1.66. The third kappa shape index (κ3) is 2.29. The summed E-state index contributed by atoms with van der Waals surface area (Å²) in [5, 5.41) is 7.20. The van der Waals surface area contributed by atoms with Gasteiger partial charge in [0, 0.05) is 24.4 Å². The molecule has 0 atom stereocenters. The number of aromatic nitrogens is 3. The molecule has 2 aliphatic rings. The molecule has 1 spiro atoms. The van der Waals surface area contributed by atoms with Gasteiger partial charge in [-0.05, 0) is 43.7 Å². The lowest BCUT2D eigenvalue weighted by Crippen LogP contribution is -2.46. The second-order valence-electron chi connectivity index (χ2n) is 6.88. The summed E-state index contributed by atoms with van der Waals surface area (Å²) < 4.78 is 11.7. The van der Waals surface area contributed by atoms with E-state index in [0.717, 1.165) is 55.9 Å².